The van der Waals surface area contributed by atoms with Crippen molar-refractivity contribution in [1.82, 2.24) is 4.98 Å². The van der Waals surface area contributed by atoms with Gasteiger partial charge in [-0.2, -0.15) is 0 Å². The third-order valence-corrected chi connectivity index (χ3v) is 5.05. The summed E-state index contributed by atoms with van der Waals surface area (Å²) in [7, 11) is -3.90. The number of anilines is 1. The van der Waals surface area contributed by atoms with E-state index < -0.39 is 16.6 Å². The van der Waals surface area contributed by atoms with Crippen LogP contribution in [0.25, 0.3) is 0 Å². The van der Waals surface area contributed by atoms with E-state index in [1.165, 1.54) is 18.3 Å². The fraction of sp³-hybridized carbons (Fsp3) is 0.154. The Kier molecular flexibility index (Phi) is 4.73. The number of aryl methyl sites for hydroxylation is 1. The lowest BCUT2D eigenvalue weighted by Gasteiger charge is -2.12. The Hall–Kier alpha value is -1.34. The zero-order valence-electron chi connectivity index (χ0n) is 11.0. The molecule has 0 atom stereocenters. The van der Waals surface area contributed by atoms with Gasteiger partial charge in [-0.3, -0.25) is 9.71 Å². The smallest absolute Gasteiger partial charge is 0.263 e. The number of hydrogen-bond donors (Lipinski definition) is 2. The average Bonchev–Trinajstić information content (AvgIpc) is 2.38. The molecule has 1 aromatic heterocycles. The zero-order valence-corrected chi connectivity index (χ0v) is 13.3. The third-order valence-electron chi connectivity index (χ3n) is 2.73. The summed E-state index contributed by atoms with van der Waals surface area (Å²) in [5.41, 5.74) is 1.31. The number of nitrogens with zero attached hydrogens (tertiary/aromatic N) is 1. The highest BCUT2D eigenvalue weighted by atomic mass is 35.5. The van der Waals surface area contributed by atoms with Crippen LogP contribution in [-0.2, 0) is 16.6 Å². The summed E-state index contributed by atoms with van der Waals surface area (Å²) in [5, 5.41) is 9.33. The molecule has 0 aliphatic carbocycles. The number of benzene rings is 1. The fourth-order valence-corrected chi connectivity index (χ4v) is 3.68. The second-order valence-electron chi connectivity index (χ2n) is 4.35. The average molecular weight is 347 g/mol. The van der Waals surface area contributed by atoms with Crippen molar-refractivity contribution in [2.24, 2.45) is 0 Å². The highest BCUT2D eigenvalue weighted by molar-refractivity contribution is 7.92. The van der Waals surface area contributed by atoms with E-state index in [1.54, 1.807) is 19.2 Å². The van der Waals surface area contributed by atoms with Crippen LogP contribution in [0, 0.1) is 6.92 Å². The number of hydrogen-bond acceptors (Lipinski definition) is 4. The summed E-state index contributed by atoms with van der Waals surface area (Å²) in [5.74, 6) is 0. The molecule has 8 heteroatoms. The summed E-state index contributed by atoms with van der Waals surface area (Å²) >= 11 is 11.9. The first-order valence-corrected chi connectivity index (χ1v) is 8.11. The van der Waals surface area contributed by atoms with Gasteiger partial charge < -0.3 is 5.11 Å². The molecule has 0 spiro atoms. The van der Waals surface area contributed by atoms with Crippen LogP contribution in [-0.4, -0.2) is 18.5 Å². The molecule has 1 aromatic carbocycles. The summed E-state index contributed by atoms with van der Waals surface area (Å²) in [4.78, 5) is 3.76. The van der Waals surface area contributed by atoms with Crippen LogP contribution in [0.2, 0.25) is 10.0 Å². The molecule has 5 nitrogen and oxygen atoms in total. The van der Waals surface area contributed by atoms with Gasteiger partial charge in [-0.15, -0.1) is 0 Å². The second kappa shape index (κ2) is 6.19. The molecule has 0 saturated heterocycles. The molecule has 0 bridgehead atoms. The van der Waals surface area contributed by atoms with Crippen LogP contribution >= 0.6 is 23.2 Å². The Morgan fingerprint density at radius 2 is 2.00 bits per heavy atom. The molecule has 1 heterocycles. The minimum absolute atomic E-state index is 0.0990. The van der Waals surface area contributed by atoms with Crippen molar-refractivity contribution < 1.29 is 13.5 Å². The molecule has 0 aliphatic heterocycles. The Morgan fingerprint density at radius 3 is 2.62 bits per heavy atom. The molecular weight excluding hydrogens is 335 g/mol. The number of sulfonamides is 1. The number of halogens is 2. The summed E-state index contributed by atoms with van der Waals surface area (Å²) in [6.07, 6.45) is 3.00. The van der Waals surface area contributed by atoms with Gasteiger partial charge in [0.1, 0.15) is 4.90 Å². The molecule has 21 heavy (non-hydrogen) atoms. The first-order valence-electron chi connectivity index (χ1n) is 5.87. The summed E-state index contributed by atoms with van der Waals surface area (Å²) < 4.78 is 27.1. The predicted octanol–water partition coefficient (Wildman–Crippen LogP) is 2.99. The maximum Gasteiger partial charge on any atom is 0.263 e. The monoisotopic (exact) mass is 346 g/mol. The lowest BCUT2D eigenvalue weighted by Crippen LogP contribution is -2.14. The molecule has 0 aliphatic rings. The van der Waals surface area contributed by atoms with Crippen LogP contribution in [0.15, 0.2) is 35.5 Å². The van der Waals surface area contributed by atoms with E-state index in [0.717, 1.165) is 5.56 Å². The molecule has 0 fully saturated rings. The molecule has 0 radical (unpaired) electrons. The predicted molar refractivity (Wildman–Crippen MR) is 82.2 cm³/mol. The molecule has 2 N–H and O–H groups in total. The minimum atomic E-state index is -3.90. The third kappa shape index (κ3) is 3.47. The van der Waals surface area contributed by atoms with Crippen LogP contribution < -0.4 is 4.72 Å². The Bertz CT molecular complexity index is 779. The second-order valence-corrected chi connectivity index (χ2v) is 6.79. The van der Waals surface area contributed by atoms with Crippen LogP contribution in [0.4, 0.5) is 5.69 Å². The van der Waals surface area contributed by atoms with Crippen molar-refractivity contribution in [3.05, 3.63) is 51.8 Å². The number of pyridine rings is 1. The van der Waals surface area contributed by atoms with E-state index >= 15 is 0 Å². The van der Waals surface area contributed by atoms with Crippen LogP contribution in [0.3, 0.4) is 0 Å². The van der Waals surface area contributed by atoms with Crippen molar-refractivity contribution in [2.45, 2.75) is 18.4 Å². The Labute approximate surface area is 132 Å². The van der Waals surface area contributed by atoms with Gasteiger partial charge in [0, 0.05) is 16.8 Å². The van der Waals surface area contributed by atoms with Gasteiger partial charge in [-0.1, -0.05) is 23.2 Å². The van der Waals surface area contributed by atoms with Crippen molar-refractivity contribution in [3.8, 4) is 0 Å². The van der Waals surface area contributed by atoms with Crippen LogP contribution in [0.1, 0.15) is 11.1 Å². The number of rotatable bonds is 4. The van der Waals surface area contributed by atoms with Crippen molar-refractivity contribution in [1.29, 1.82) is 0 Å². The standard InChI is InChI=1S/C13H12Cl2N2O3S/c1-8-4-9(6-16-5-8)17-21(19,20)12-3-2-11(14)10(7-18)13(12)15/h2-6,17-18H,7H2,1H3. The quantitative estimate of drug-likeness (QED) is 0.891. The van der Waals surface area contributed by atoms with E-state index in [1.807, 2.05) is 0 Å². The van der Waals surface area contributed by atoms with Crippen molar-refractivity contribution in [3.63, 3.8) is 0 Å². The topological polar surface area (TPSA) is 79.3 Å². The van der Waals surface area contributed by atoms with E-state index in [-0.39, 0.29) is 20.5 Å². The molecule has 112 valence electrons. The first-order chi connectivity index (χ1) is 9.85. The lowest BCUT2D eigenvalue weighted by atomic mass is 10.2. The Balaban J connectivity index is 2.45. The number of aromatic nitrogens is 1. The van der Waals surface area contributed by atoms with Gasteiger partial charge in [-0.25, -0.2) is 8.42 Å². The molecule has 0 unspecified atom stereocenters. The summed E-state index contributed by atoms with van der Waals surface area (Å²) in [6, 6.07) is 4.30. The van der Waals surface area contributed by atoms with Gasteiger partial charge >= 0.3 is 0 Å². The molecular formula is C13H12Cl2N2O3S. The van der Waals surface area contributed by atoms with Gasteiger partial charge in [0.25, 0.3) is 10.0 Å². The summed E-state index contributed by atoms with van der Waals surface area (Å²) in [6.45, 7) is 1.34. The fourth-order valence-electron chi connectivity index (χ4n) is 1.75. The minimum Gasteiger partial charge on any atom is -0.392 e. The van der Waals surface area contributed by atoms with E-state index in [4.69, 9.17) is 23.2 Å². The number of aliphatic hydroxyl groups is 1. The van der Waals surface area contributed by atoms with E-state index in [2.05, 4.69) is 9.71 Å². The highest BCUT2D eigenvalue weighted by Gasteiger charge is 2.21. The largest absolute Gasteiger partial charge is 0.392 e. The molecule has 2 rings (SSSR count). The zero-order chi connectivity index (χ0) is 15.6. The lowest BCUT2D eigenvalue weighted by molar-refractivity contribution is 0.282. The Morgan fingerprint density at radius 1 is 1.29 bits per heavy atom. The normalized spacial score (nSPS) is 11.4. The van der Waals surface area contributed by atoms with Crippen molar-refractivity contribution >= 4 is 38.9 Å². The maximum atomic E-state index is 12.4. The molecule has 0 amide bonds. The SMILES string of the molecule is Cc1cncc(NS(=O)(=O)c2ccc(Cl)c(CO)c2Cl)c1. The first kappa shape index (κ1) is 16.0. The van der Waals surface area contributed by atoms with E-state index in [9.17, 15) is 13.5 Å². The van der Waals surface area contributed by atoms with Crippen molar-refractivity contribution in [2.75, 3.05) is 4.72 Å². The van der Waals surface area contributed by atoms with Gasteiger partial charge in [0.2, 0.25) is 0 Å². The van der Waals surface area contributed by atoms with Gasteiger partial charge in [0.05, 0.1) is 23.5 Å². The number of aliphatic hydroxyl groups excluding tert-OH is 1. The maximum absolute atomic E-state index is 12.4. The van der Waals surface area contributed by atoms with Gasteiger partial charge in [0.15, 0.2) is 0 Å². The molecule has 0 saturated carbocycles. The van der Waals surface area contributed by atoms with Crippen LogP contribution in [0.5, 0.6) is 0 Å². The number of nitrogens with one attached hydrogen (secondary N) is 1. The van der Waals surface area contributed by atoms with E-state index in [0.29, 0.717) is 5.69 Å². The highest BCUT2D eigenvalue weighted by Crippen LogP contribution is 2.32. The van der Waals surface area contributed by atoms with Gasteiger partial charge in [-0.05, 0) is 30.7 Å². The molecule has 2 aromatic rings.